The highest BCUT2D eigenvalue weighted by atomic mass is 32.2. The molecule has 6 nitrogen and oxygen atoms in total. The van der Waals surface area contributed by atoms with E-state index in [0.717, 1.165) is 51.6 Å². The Hall–Kier alpha value is -2.28. The maximum absolute atomic E-state index is 12.8. The molecule has 0 spiro atoms. The van der Waals surface area contributed by atoms with Crippen molar-refractivity contribution in [2.45, 2.75) is 37.6 Å². The van der Waals surface area contributed by atoms with E-state index in [4.69, 9.17) is 0 Å². The van der Waals surface area contributed by atoms with Crippen LogP contribution in [0, 0.1) is 19.8 Å². The van der Waals surface area contributed by atoms with Crippen molar-refractivity contribution in [1.82, 2.24) is 19.9 Å². The molecule has 1 aliphatic carbocycles. The highest BCUT2D eigenvalue weighted by Crippen LogP contribution is 2.36. The van der Waals surface area contributed by atoms with Crippen molar-refractivity contribution in [2.24, 2.45) is 5.92 Å². The number of aromatic amines is 1. The van der Waals surface area contributed by atoms with Gasteiger partial charge in [-0.15, -0.1) is 0 Å². The van der Waals surface area contributed by atoms with Gasteiger partial charge in [0.1, 0.15) is 17.8 Å². The van der Waals surface area contributed by atoms with Crippen molar-refractivity contribution in [3.63, 3.8) is 0 Å². The molecule has 1 unspecified atom stereocenters. The van der Waals surface area contributed by atoms with Crippen LogP contribution in [0.25, 0.3) is 11.0 Å². The average molecular weight is 369 g/mol. The Balaban J connectivity index is 1.40. The minimum Gasteiger partial charge on any atom is -0.356 e. The summed E-state index contributed by atoms with van der Waals surface area (Å²) in [5.74, 6) is 2.17. The van der Waals surface area contributed by atoms with Crippen LogP contribution in [0.15, 0.2) is 35.7 Å². The normalized spacial score (nSPS) is 20.7. The van der Waals surface area contributed by atoms with Gasteiger partial charge in [-0.25, -0.2) is 9.97 Å². The van der Waals surface area contributed by atoms with Crippen LogP contribution in [0.3, 0.4) is 0 Å². The van der Waals surface area contributed by atoms with Gasteiger partial charge in [-0.05, 0) is 50.3 Å². The first kappa shape index (κ1) is 17.1. The van der Waals surface area contributed by atoms with Crippen LogP contribution in [-0.2, 0) is 10.8 Å². The summed E-state index contributed by atoms with van der Waals surface area (Å²) in [6, 6.07) is 4.34. The SMILES string of the molecule is Cc1nccc(S(=O)CC2CC(N(C)c3ncnc4[nH]ccc34)C2)c1C. The molecule has 0 radical (unpaired) electrons. The molecule has 0 aliphatic heterocycles. The minimum absolute atomic E-state index is 0.435. The quantitative estimate of drug-likeness (QED) is 0.748. The molecule has 0 amide bonds. The third kappa shape index (κ3) is 3.00. The molecule has 3 aromatic rings. The van der Waals surface area contributed by atoms with Gasteiger partial charge in [0.25, 0.3) is 0 Å². The van der Waals surface area contributed by atoms with Crippen molar-refractivity contribution in [3.05, 3.63) is 42.1 Å². The largest absolute Gasteiger partial charge is 0.356 e. The molecule has 1 atom stereocenters. The lowest BCUT2D eigenvalue weighted by molar-refractivity contribution is 0.284. The molecular formula is C19H23N5OS. The molecule has 136 valence electrons. The summed E-state index contributed by atoms with van der Waals surface area (Å²) in [6.45, 7) is 3.97. The summed E-state index contributed by atoms with van der Waals surface area (Å²) >= 11 is 0. The molecule has 1 aliphatic rings. The number of fused-ring (bicyclic) bond motifs is 1. The van der Waals surface area contributed by atoms with Crippen molar-refractivity contribution in [2.75, 3.05) is 17.7 Å². The third-order valence-electron chi connectivity index (χ3n) is 5.46. The van der Waals surface area contributed by atoms with Gasteiger partial charge in [-0.3, -0.25) is 9.19 Å². The van der Waals surface area contributed by atoms with E-state index in [1.165, 1.54) is 0 Å². The second-order valence-corrected chi connectivity index (χ2v) is 8.54. The second kappa shape index (κ2) is 6.79. The predicted octanol–water partition coefficient (Wildman–Crippen LogP) is 2.99. The lowest BCUT2D eigenvalue weighted by Gasteiger charge is -2.41. The molecule has 1 N–H and O–H groups in total. The number of nitrogens with zero attached hydrogens (tertiary/aromatic N) is 4. The molecule has 4 rings (SSSR count). The van der Waals surface area contributed by atoms with Crippen LogP contribution >= 0.6 is 0 Å². The Morgan fingerprint density at radius 2 is 2.04 bits per heavy atom. The summed E-state index contributed by atoms with van der Waals surface area (Å²) in [7, 11) is 1.12. The van der Waals surface area contributed by atoms with Crippen molar-refractivity contribution >= 4 is 27.7 Å². The van der Waals surface area contributed by atoms with Gasteiger partial charge < -0.3 is 9.88 Å². The monoisotopic (exact) mass is 369 g/mol. The van der Waals surface area contributed by atoms with Gasteiger partial charge in [0.05, 0.1) is 16.2 Å². The Morgan fingerprint density at radius 3 is 2.85 bits per heavy atom. The molecule has 0 bridgehead atoms. The first-order valence-corrected chi connectivity index (χ1v) is 10.2. The van der Waals surface area contributed by atoms with E-state index in [1.54, 1.807) is 12.5 Å². The number of H-pyrrole nitrogens is 1. The van der Waals surface area contributed by atoms with Gasteiger partial charge in [0, 0.05) is 41.8 Å². The number of aryl methyl sites for hydroxylation is 1. The lowest BCUT2D eigenvalue weighted by Crippen LogP contribution is -2.44. The molecule has 3 aromatic heterocycles. The molecule has 26 heavy (non-hydrogen) atoms. The number of hydrogen-bond donors (Lipinski definition) is 1. The smallest absolute Gasteiger partial charge is 0.142 e. The fourth-order valence-electron chi connectivity index (χ4n) is 3.63. The molecule has 1 fully saturated rings. The van der Waals surface area contributed by atoms with E-state index in [2.05, 4.69) is 31.9 Å². The van der Waals surface area contributed by atoms with E-state index < -0.39 is 10.8 Å². The zero-order valence-corrected chi connectivity index (χ0v) is 16.1. The second-order valence-electron chi connectivity index (χ2n) is 7.07. The topological polar surface area (TPSA) is 74.8 Å². The van der Waals surface area contributed by atoms with Crippen molar-refractivity contribution < 1.29 is 4.21 Å². The number of pyridine rings is 1. The first-order valence-electron chi connectivity index (χ1n) is 8.86. The fourth-order valence-corrected chi connectivity index (χ4v) is 5.21. The van der Waals surface area contributed by atoms with E-state index >= 15 is 0 Å². The summed E-state index contributed by atoms with van der Waals surface area (Å²) in [6.07, 6.45) is 7.33. The summed E-state index contributed by atoms with van der Waals surface area (Å²) in [5.41, 5.74) is 2.87. The zero-order chi connectivity index (χ0) is 18.3. The van der Waals surface area contributed by atoms with Crippen LogP contribution < -0.4 is 4.90 Å². The number of anilines is 1. The lowest BCUT2D eigenvalue weighted by atomic mass is 9.81. The third-order valence-corrected chi connectivity index (χ3v) is 7.17. The number of hydrogen-bond acceptors (Lipinski definition) is 5. The van der Waals surface area contributed by atoms with Crippen molar-refractivity contribution in [3.8, 4) is 0 Å². The molecule has 0 aromatic carbocycles. The van der Waals surface area contributed by atoms with Gasteiger partial charge in [0.15, 0.2) is 0 Å². The van der Waals surface area contributed by atoms with E-state index in [1.807, 2.05) is 32.2 Å². The Kier molecular flexibility index (Phi) is 4.48. The van der Waals surface area contributed by atoms with Crippen LogP contribution in [-0.4, -0.2) is 43.0 Å². The standard InChI is InChI=1S/C19H23N5OS/c1-12-13(2)20-7-5-17(12)26(25)10-14-8-15(9-14)24(3)19-16-4-6-21-18(16)22-11-23-19/h4-7,11,14-15H,8-10H2,1-3H3,(H,21,22,23). The summed E-state index contributed by atoms with van der Waals surface area (Å²) in [5, 5.41) is 1.05. The maximum atomic E-state index is 12.8. The van der Waals surface area contributed by atoms with Gasteiger partial charge in [-0.1, -0.05) is 0 Å². The van der Waals surface area contributed by atoms with Gasteiger partial charge in [-0.2, -0.15) is 0 Å². The molecular weight excluding hydrogens is 346 g/mol. The van der Waals surface area contributed by atoms with E-state index in [9.17, 15) is 4.21 Å². The maximum Gasteiger partial charge on any atom is 0.142 e. The highest BCUT2D eigenvalue weighted by Gasteiger charge is 2.34. The van der Waals surface area contributed by atoms with E-state index in [0.29, 0.717) is 12.0 Å². The number of rotatable bonds is 5. The first-order chi connectivity index (χ1) is 12.5. The summed E-state index contributed by atoms with van der Waals surface area (Å²) < 4.78 is 12.8. The van der Waals surface area contributed by atoms with Crippen molar-refractivity contribution in [1.29, 1.82) is 0 Å². The van der Waals surface area contributed by atoms with Crippen LogP contribution in [0.2, 0.25) is 0 Å². The average Bonchev–Trinajstić information content (AvgIpc) is 3.08. The van der Waals surface area contributed by atoms with E-state index in [-0.39, 0.29) is 0 Å². The molecule has 0 saturated heterocycles. The van der Waals surface area contributed by atoms with Crippen LogP contribution in [0.5, 0.6) is 0 Å². The number of aromatic nitrogens is 4. The Labute approximate surface area is 155 Å². The zero-order valence-electron chi connectivity index (χ0n) is 15.3. The van der Waals surface area contributed by atoms with Crippen LogP contribution in [0.4, 0.5) is 5.82 Å². The number of nitrogens with one attached hydrogen (secondary N) is 1. The van der Waals surface area contributed by atoms with Gasteiger partial charge >= 0.3 is 0 Å². The molecule has 1 saturated carbocycles. The Bertz CT molecular complexity index is 963. The van der Waals surface area contributed by atoms with Crippen LogP contribution in [0.1, 0.15) is 24.1 Å². The predicted molar refractivity (Wildman–Crippen MR) is 104 cm³/mol. The summed E-state index contributed by atoms with van der Waals surface area (Å²) in [4.78, 5) is 19.3. The molecule has 3 heterocycles. The molecule has 7 heteroatoms. The fraction of sp³-hybridized carbons (Fsp3) is 0.421. The van der Waals surface area contributed by atoms with Gasteiger partial charge in [0.2, 0.25) is 0 Å². The Morgan fingerprint density at radius 1 is 1.23 bits per heavy atom. The minimum atomic E-state index is -0.962. The highest BCUT2D eigenvalue weighted by molar-refractivity contribution is 7.85.